The molecule has 0 amide bonds. The predicted molar refractivity (Wildman–Crippen MR) is 122 cm³/mol. The highest BCUT2D eigenvalue weighted by molar-refractivity contribution is 7.99. The van der Waals surface area contributed by atoms with Crippen molar-refractivity contribution in [3.8, 4) is 0 Å². The molecule has 3 rings (SSSR count). The normalized spacial score (nSPS) is 11.7. The number of aryl methyl sites for hydroxylation is 2. The third-order valence-electron chi connectivity index (χ3n) is 4.82. The van der Waals surface area contributed by atoms with E-state index in [2.05, 4.69) is 11.9 Å². The van der Waals surface area contributed by atoms with Gasteiger partial charge in [-0.05, 0) is 43.7 Å². The Labute approximate surface area is 187 Å². The first-order chi connectivity index (χ1) is 14.8. The van der Waals surface area contributed by atoms with E-state index in [1.165, 1.54) is 17.7 Å². The van der Waals surface area contributed by atoms with Crippen molar-refractivity contribution in [2.45, 2.75) is 56.1 Å². The lowest BCUT2D eigenvalue weighted by molar-refractivity contribution is -0.144. The van der Waals surface area contributed by atoms with Gasteiger partial charge in [0.25, 0.3) is 0 Å². The summed E-state index contributed by atoms with van der Waals surface area (Å²) in [7, 11) is -3.81. The Hall–Kier alpha value is -2.36. The fourth-order valence-electron chi connectivity index (χ4n) is 3.12. The van der Waals surface area contributed by atoms with Crippen molar-refractivity contribution in [2.75, 3.05) is 5.75 Å². The zero-order valence-electron chi connectivity index (χ0n) is 17.7. The van der Waals surface area contributed by atoms with Gasteiger partial charge in [-0.15, -0.1) is 11.8 Å². The Morgan fingerprint density at radius 2 is 1.94 bits per heavy atom. The molecule has 0 bridgehead atoms. The van der Waals surface area contributed by atoms with E-state index in [-0.39, 0.29) is 17.5 Å². The topological polar surface area (TPSA) is 104 Å². The van der Waals surface area contributed by atoms with Crippen molar-refractivity contribution >= 4 is 38.8 Å². The first kappa shape index (κ1) is 23.3. The van der Waals surface area contributed by atoms with Gasteiger partial charge in [-0.25, -0.2) is 18.5 Å². The molecule has 2 aromatic carbocycles. The van der Waals surface area contributed by atoms with Gasteiger partial charge in [-0.2, -0.15) is 0 Å². The van der Waals surface area contributed by atoms with E-state index in [0.29, 0.717) is 30.1 Å². The summed E-state index contributed by atoms with van der Waals surface area (Å²) >= 11 is 1.61. The summed E-state index contributed by atoms with van der Waals surface area (Å²) in [4.78, 5) is 17.9. The number of primary sulfonamides is 1. The quantitative estimate of drug-likeness (QED) is 0.361. The van der Waals surface area contributed by atoms with Crippen LogP contribution in [0.5, 0.6) is 0 Å². The maximum atomic E-state index is 12.2. The van der Waals surface area contributed by atoms with E-state index in [1.807, 2.05) is 35.8 Å². The standard InChI is InChI=1S/C22H27N3O4S2/c1-3-4-12-25-20-10-9-18(31(23,27)28)14-19(20)24-21(25)15-29-22(26)11-13-30-17-7-5-16(2)6-8-17/h5-10,14H,3-4,11-13,15H2,1-2H3,(H2,23,27,28). The molecule has 0 fully saturated rings. The molecule has 31 heavy (non-hydrogen) atoms. The van der Waals surface area contributed by atoms with Crippen LogP contribution in [0.1, 0.15) is 37.6 Å². The first-order valence-corrected chi connectivity index (χ1v) is 12.7. The van der Waals surface area contributed by atoms with E-state index < -0.39 is 10.0 Å². The van der Waals surface area contributed by atoms with Crippen LogP contribution in [-0.2, 0) is 32.7 Å². The van der Waals surface area contributed by atoms with Crippen molar-refractivity contribution < 1.29 is 17.9 Å². The first-order valence-electron chi connectivity index (χ1n) is 10.1. The molecule has 9 heteroatoms. The number of sulfonamides is 1. The summed E-state index contributed by atoms with van der Waals surface area (Å²) in [5.74, 6) is 0.930. The van der Waals surface area contributed by atoms with Crippen LogP contribution in [-0.4, -0.2) is 29.7 Å². The maximum Gasteiger partial charge on any atom is 0.307 e. The van der Waals surface area contributed by atoms with Crippen LogP contribution in [0.3, 0.4) is 0 Å². The summed E-state index contributed by atoms with van der Waals surface area (Å²) < 4.78 is 30.7. The van der Waals surface area contributed by atoms with E-state index in [9.17, 15) is 13.2 Å². The molecule has 0 unspecified atom stereocenters. The summed E-state index contributed by atoms with van der Waals surface area (Å²) in [5.41, 5.74) is 2.51. The minimum atomic E-state index is -3.81. The largest absolute Gasteiger partial charge is 0.457 e. The van der Waals surface area contributed by atoms with Gasteiger partial charge in [0.05, 0.1) is 22.3 Å². The highest BCUT2D eigenvalue weighted by Gasteiger charge is 2.16. The van der Waals surface area contributed by atoms with Crippen molar-refractivity contribution in [1.82, 2.24) is 9.55 Å². The van der Waals surface area contributed by atoms with Gasteiger partial charge < -0.3 is 9.30 Å². The molecule has 166 valence electrons. The molecule has 0 aliphatic heterocycles. The number of aromatic nitrogens is 2. The Morgan fingerprint density at radius 1 is 1.19 bits per heavy atom. The van der Waals surface area contributed by atoms with Crippen molar-refractivity contribution in [2.24, 2.45) is 5.14 Å². The van der Waals surface area contributed by atoms with Gasteiger partial charge in [0.15, 0.2) is 0 Å². The SMILES string of the molecule is CCCCn1c(COC(=O)CCSc2ccc(C)cc2)nc2cc(S(N)(=O)=O)ccc21. The van der Waals surface area contributed by atoms with Gasteiger partial charge in [-0.3, -0.25) is 4.79 Å². The zero-order chi connectivity index (χ0) is 22.4. The predicted octanol–water partition coefficient (Wildman–Crippen LogP) is 4.02. The Bertz CT molecular complexity index is 1160. The van der Waals surface area contributed by atoms with Crippen LogP contribution < -0.4 is 5.14 Å². The monoisotopic (exact) mass is 461 g/mol. The number of nitrogens with two attached hydrogens (primary N) is 1. The van der Waals surface area contributed by atoms with Gasteiger partial charge in [0, 0.05) is 17.2 Å². The molecular formula is C22H27N3O4S2. The lowest BCUT2D eigenvalue weighted by Crippen LogP contribution is -2.12. The molecule has 7 nitrogen and oxygen atoms in total. The van der Waals surface area contributed by atoms with Crippen LogP contribution in [0.2, 0.25) is 0 Å². The number of hydrogen-bond acceptors (Lipinski definition) is 6. The summed E-state index contributed by atoms with van der Waals surface area (Å²) in [6.45, 7) is 4.87. The summed E-state index contributed by atoms with van der Waals surface area (Å²) in [5, 5.41) is 5.23. The number of imidazole rings is 1. The molecule has 0 atom stereocenters. The average molecular weight is 462 g/mol. The number of rotatable bonds is 10. The fraction of sp³-hybridized carbons (Fsp3) is 0.364. The van der Waals surface area contributed by atoms with Crippen LogP contribution in [0.25, 0.3) is 11.0 Å². The number of unbranched alkanes of at least 4 members (excludes halogenated alkanes) is 1. The molecule has 0 spiro atoms. The number of thioether (sulfide) groups is 1. The number of benzene rings is 2. The minimum absolute atomic E-state index is 0.0109. The molecule has 1 heterocycles. The number of fused-ring (bicyclic) bond motifs is 1. The molecule has 0 saturated heterocycles. The average Bonchev–Trinajstić information content (AvgIpc) is 3.08. The van der Waals surface area contributed by atoms with E-state index in [0.717, 1.165) is 23.3 Å². The number of hydrogen-bond donors (Lipinski definition) is 1. The number of carbonyl (C=O) groups excluding carboxylic acids is 1. The van der Waals surface area contributed by atoms with E-state index in [1.54, 1.807) is 17.8 Å². The van der Waals surface area contributed by atoms with E-state index in [4.69, 9.17) is 9.88 Å². The van der Waals surface area contributed by atoms with Crippen molar-refractivity contribution in [3.63, 3.8) is 0 Å². The number of ether oxygens (including phenoxy) is 1. The highest BCUT2D eigenvalue weighted by Crippen LogP contribution is 2.22. The molecule has 0 aliphatic carbocycles. The van der Waals surface area contributed by atoms with Gasteiger partial charge in [0.2, 0.25) is 10.0 Å². The number of nitrogens with zero attached hydrogens (tertiary/aromatic N) is 2. The zero-order valence-corrected chi connectivity index (χ0v) is 19.3. The molecular weight excluding hydrogens is 434 g/mol. The molecule has 0 radical (unpaired) electrons. The third kappa shape index (κ3) is 6.32. The summed E-state index contributed by atoms with van der Waals surface area (Å²) in [6, 6.07) is 12.8. The van der Waals surface area contributed by atoms with E-state index >= 15 is 0 Å². The van der Waals surface area contributed by atoms with Crippen LogP contribution in [0.15, 0.2) is 52.3 Å². The van der Waals surface area contributed by atoms with Crippen LogP contribution in [0.4, 0.5) is 0 Å². The lowest BCUT2D eigenvalue weighted by atomic mass is 10.2. The van der Waals surface area contributed by atoms with Gasteiger partial charge >= 0.3 is 5.97 Å². The van der Waals surface area contributed by atoms with Gasteiger partial charge in [-0.1, -0.05) is 31.0 Å². The molecule has 2 N–H and O–H groups in total. The smallest absolute Gasteiger partial charge is 0.307 e. The maximum absolute atomic E-state index is 12.2. The number of carbonyl (C=O) groups is 1. The Kier molecular flexibility index (Phi) is 7.74. The third-order valence-corrected chi connectivity index (χ3v) is 6.75. The lowest BCUT2D eigenvalue weighted by Gasteiger charge is -2.09. The highest BCUT2D eigenvalue weighted by atomic mass is 32.2. The number of esters is 1. The van der Waals surface area contributed by atoms with Crippen molar-refractivity contribution in [3.05, 3.63) is 53.9 Å². The minimum Gasteiger partial charge on any atom is -0.457 e. The van der Waals surface area contributed by atoms with Crippen molar-refractivity contribution in [1.29, 1.82) is 0 Å². The molecule has 0 aliphatic rings. The summed E-state index contributed by atoms with van der Waals surface area (Å²) in [6.07, 6.45) is 2.21. The van der Waals surface area contributed by atoms with Gasteiger partial charge in [0.1, 0.15) is 12.4 Å². The molecule has 0 saturated carbocycles. The van der Waals surface area contributed by atoms with Crippen LogP contribution in [0, 0.1) is 6.92 Å². The second-order valence-electron chi connectivity index (χ2n) is 7.30. The Balaban J connectivity index is 1.66. The van der Waals surface area contributed by atoms with Crippen LogP contribution >= 0.6 is 11.8 Å². The Morgan fingerprint density at radius 3 is 2.61 bits per heavy atom. The fourth-order valence-corrected chi connectivity index (χ4v) is 4.48. The molecule has 3 aromatic rings. The molecule has 1 aromatic heterocycles. The second kappa shape index (κ2) is 10.3. The second-order valence-corrected chi connectivity index (χ2v) is 10.0.